The number of aryl methyl sites for hydroxylation is 1. The Labute approximate surface area is 147 Å². The van der Waals surface area contributed by atoms with Gasteiger partial charge in [0.15, 0.2) is 5.78 Å². The molecule has 0 radical (unpaired) electrons. The fraction of sp³-hybridized carbons (Fsp3) is 0.556. The second kappa shape index (κ2) is 7.05. The van der Waals surface area contributed by atoms with Crippen molar-refractivity contribution >= 4 is 17.5 Å². The van der Waals surface area contributed by atoms with Gasteiger partial charge in [0, 0.05) is 5.56 Å². The van der Waals surface area contributed by atoms with Gasteiger partial charge in [-0.15, -0.1) is 5.10 Å². The van der Waals surface area contributed by atoms with E-state index in [1.807, 2.05) is 17.7 Å². The number of tetrazole rings is 1. The number of benzene rings is 1. The molecule has 0 atom stereocenters. The van der Waals surface area contributed by atoms with Gasteiger partial charge >= 0.3 is 0 Å². The third kappa shape index (κ3) is 3.24. The van der Waals surface area contributed by atoms with Crippen molar-refractivity contribution in [3.63, 3.8) is 0 Å². The largest absolute Gasteiger partial charge is 0.293 e. The van der Waals surface area contributed by atoms with E-state index in [1.54, 1.807) is 0 Å². The second-order valence-corrected chi connectivity index (χ2v) is 7.61. The van der Waals surface area contributed by atoms with Crippen molar-refractivity contribution in [2.75, 3.05) is 5.75 Å². The number of rotatable bonds is 5. The zero-order valence-corrected chi connectivity index (χ0v) is 15.6. The second-order valence-electron chi connectivity index (χ2n) is 6.67. The molecule has 1 aromatic heterocycles. The Kier molecular flexibility index (Phi) is 5.04. The van der Waals surface area contributed by atoms with Gasteiger partial charge in [-0.2, -0.15) is 0 Å². The molecule has 0 saturated heterocycles. The molecule has 1 fully saturated rings. The van der Waals surface area contributed by atoms with Crippen LogP contribution in [-0.2, 0) is 0 Å². The standard InChI is InChI=1S/C18H24N4OS/c1-11-9-16(14(4)13(3)12(11)2)17(23)10-24-18-19-20-21-22(18)15-7-5-6-8-15/h9,15H,5-8,10H2,1-4H3. The predicted molar refractivity (Wildman–Crippen MR) is 95.8 cm³/mol. The van der Waals surface area contributed by atoms with E-state index < -0.39 is 0 Å². The molecule has 0 spiro atoms. The molecule has 3 rings (SSSR count). The lowest BCUT2D eigenvalue weighted by Gasteiger charge is -2.14. The summed E-state index contributed by atoms with van der Waals surface area (Å²) in [7, 11) is 0. The quantitative estimate of drug-likeness (QED) is 0.606. The Hall–Kier alpha value is -1.69. The highest BCUT2D eigenvalue weighted by Gasteiger charge is 2.22. The number of Topliss-reactive ketones (excluding diaryl/α,β-unsaturated/α-hetero) is 1. The number of carbonyl (C=O) groups excluding carboxylic acids is 1. The van der Waals surface area contributed by atoms with E-state index in [9.17, 15) is 4.79 Å². The van der Waals surface area contributed by atoms with Crippen LogP contribution in [0.15, 0.2) is 11.2 Å². The number of aromatic nitrogens is 4. The molecule has 1 aliphatic carbocycles. The first-order chi connectivity index (χ1) is 11.5. The molecular formula is C18H24N4OS. The van der Waals surface area contributed by atoms with E-state index in [-0.39, 0.29) is 5.78 Å². The molecule has 0 aliphatic heterocycles. The van der Waals surface area contributed by atoms with Crippen molar-refractivity contribution in [2.24, 2.45) is 0 Å². The van der Waals surface area contributed by atoms with Crippen molar-refractivity contribution < 1.29 is 4.79 Å². The van der Waals surface area contributed by atoms with Crippen molar-refractivity contribution in [1.82, 2.24) is 20.2 Å². The smallest absolute Gasteiger partial charge is 0.210 e. The first-order valence-electron chi connectivity index (χ1n) is 8.50. The predicted octanol–water partition coefficient (Wildman–Crippen LogP) is 4.00. The van der Waals surface area contributed by atoms with Gasteiger partial charge < -0.3 is 0 Å². The van der Waals surface area contributed by atoms with E-state index in [1.165, 1.54) is 41.3 Å². The van der Waals surface area contributed by atoms with Crippen molar-refractivity contribution in [1.29, 1.82) is 0 Å². The van der Waals surface area contributed by atoms with Crippen LogP contribution in [0.25, 0.3) is 0 Å². The zero-order valence-electron chi connectivity index (χ0n) is 14.8. The summed E-state index contributed by atoms with van der Waals surface area (Å²) in [4.78, 5) is 12.7. The van der Waals surface area contributed by atoms with Gasteiger partial charge in [0.2, 0.25) is 5.16 Å². The van der Waals surface area contributed by atoms with Crippen LogP contribution in [0.1, 0.15) is 64.3 Å². The summed E-state index contributed by atoms with van der Waals surface area (Å²) >= 11 is 1.45. The minimum absolute atomic E-state index is 0.143. The first-order valence-corrected chi connectivity index (χ1v) is 9.49. The van der Waals surface area contributed by atoms with Crippen molar-refractivity contribution in [2.45, 2.75) is 64.6 Å². The monoisotopic (exact) mass is 344 g/mol. The van der Waals surface area contributed by atoms with Gasteiger partial charge in [-0.3, -0.25) is 4.79 Å². The number of nitrogens with zero attached hydrogens (tertiary/aromatic N) is 4. The van der Waals surface area contributed by atoms with Gasteiger partial charge in [0.05, 0.1) is 11.8 Å². The maximum absolute atomic E-state index is 12.7. The molecule has 0 N–H and O–H groups in total. The molecule has 1 aromatic carbocycles. The molecule has 5 nitrogen and oxygen atoms in total. The fourth-order valence-electron chi connectivity index (χ4n) is 3.37. The molecular weight excluding hydrogens is 320 g/mol. The third-order valence-electron chi connectivity index (χ3n) is 5.25. The normalized spacial score (nSPS) is 15.2. The van der Waals surface area contributed by atoms with E-state index >= 15 is 0 Å². The van der Waals surface area contributed by atoms with Gasteiger partial charge in [-0.25, -0.2) is 4.68 Å². The summed E-state index contributed by atoms with van der Waals surface area (Å²) in [5.74, 6) is 0.514. The lowest BCUT2D eigenvalue weighted by atomic mass is 9.93. The molecule has 1 heterocycles. The van der Waals surface area contributed by atoms with Gasteiger partial charge in [0.25, 0.3) is 0 Å². The molecule has 24 heavy (non-hydrogen) atoms. The highest BCUT2D eigenvalue weighted by atomic mass is 32.2. The van der Waals surface area contributed by atoms with Crippen LogP contribution in [-0.4, -0.2) is 31.7 Å². The molecule has 1 saturated carbocycles. The van der Waals surface area contributed by atoms with Crippen LogP contribution >= 0.6 is 11.8 Å². The lowest BCUT2D eigenvalue weighted by Crippen LogP contribution is -2.11. The van der Waals surface area contributed by atoms with Crippen LogP contribution in [0.4, 0.5) is 0 Å². The van der Waals surface area contributed by atoms with E-state index in [0.29, 0.717) is 11.8 Å². The average Bonchev–Trinajstić information content (AvgIpc) is 3.24. The van der Waals surface area contributed by atoms with E-state index in [0.717, 1.165) is 29.1 Å². The molecule has 0 bridgehead atoms. The van der Waals surface area contributed by atoms with Crippen LogP contribution in [0, 0.1) is 27.7 Å². The number of carbonyl (C=O) groups is 1. The SMILES string of the molecule is Cc1cc(C(=O)CSc2nnnn2C2CCCC2)c(C)c(C)c1C. The van der Waals surface area contributed by atoms with Crippen molar-refractivity contribution in [3.05, 3.63) is 33.9 Å². The van der Waals surface area contributed by atoms with Crippen molar-refractivity contribution in [3.8, 4) is 0 Å². The summed E-state index contributed by atoms with van der Waals surface area (Å²) in [5, 5.41) is 12.8. The van der Waals surface area contributed by atoms with Crippen LogP contribution in [0.2, 0.25) is 0 Å². The summed E-state index contributed by atoms with van der Waals surface area (Å²) in [6.45, 7) is 8.28. The van der Waals surface area contributed by atoms with E-state index in [4.69, 9.17) is 0 Å². The Bertz CT molecular complexity index is 763. The lowest BCUT2D eigenvalue weighted by molar-refractivity contribution is 0.102. The number of thioether (sulfide) groups is 1. The first kappa shape index (κ1) is 17.1. The minimum Gasteiger partial charge on any atom is -0.293 e. The molecule has 128 valence electrons. The minimum atomic E-state index is 0.143. The molecule has 6 heteroatoms. The molecule has 1 aliphatic rings. The average molecular weight is 344 g/mol. The molecule has 0 unspecified atom stereocenters. The Balaban J connectivity index is 1.74. The summed E-state index contributed by atoms with van der Waals surface area (Å²) in [6.07, 6.45) is 4.72. The Morgan fingerprint density at radius 2 is 1.88 bits per heavy atom. The van der Waals surface area contributed by atoms with Gasteiger partial charge in [-0.05, 0) is 79.3 Å². The zero-order chi connectivity index (χ0) is 17.3. The maximum Gasteiger partial charge on any atom is 0.210 e. The van der Waals surface area contributed by atoms with Gasteiger partial charge in [0.1, 0.15) is 0 Å². The summed E-state index contributed by atoms with van der Waals surface area (Å²) in [6, 6.07) is 2.41. The maximum atomic E-state index is 12.7. The number of hydrogen-bond acceptors (Lipinski definition) is 5. The fourth-order valence-corrected chi connectivity index (χ4v) is 4.20. The van der Waals surface area contributed by atoms with Crippen LogP contribution in [0.5, 0.6) is 0 Å². The summed E-state index contributed by atoms with van der Waals surface area (Å²) in [5.41, 5.74) is 5.55. The topological polar surface area (TPSA) is 60.7 Å². The van der Waals surface area contributed by atoms with Crippen LogP contribution in [0.3, 0.4) is 0 Å². The van der Waals surface area contributed by atoms with Crippen LogP contribution < -0.4 is 0 Å². The molecule has 2 aromatic rings. The Morgan fingerprint density at radius 3 is 2.58 bits per heavy atom. The van der Waals surface area contributed by atoms with Gasteiger partial charge in [-0.1, -0.05) is 24.6 Å². The third-order valence-corrected chi connectivity index (χ3v) is 6.18. The highest BCUT2D eigenvalue weighted by molar-refractivity contribution is 7.99. The molecule has 0 amide bonds. The van der Waals surface area contributed by atoms with E-state index in [2.05, 4.69) is 36.3 Å². The summed E-state index contributed by atoms with van der Waals surface area (Å²) < 4.78 is 1.91. The Morgan fingerprint density at radius 1 is 1.17 bits per heavy atom. The number of ketones is 1. The highest BCUT2D eigenvalue weighted by Crippen LogP contribution is 2.31. The number of hydrogen-bond donors (Lipinski definition) is 0.